The summed E-state index contributed by atoms with van der Waals surface area (Å²) >= 11 is 1.33. The van der Waals surface area contributed by atoms with Gasteiger partial charge < -0.3 is 13.9 Å². The molecule has 0 radical (unpaired) electrons. The summed E-state index contributed by atoms with van der Waals surface area (Å²) in [5.41, 5.74) is 0.134. The molecule has 0 N–H and O–H groups in total. The van der Waals surface area contributed by atoms with E-state index in [0.29, 0.717) is 27.5 Å². The Morgan fingerprint density at radius 2 is 1.74 bits per heavy atom. The lowest BCUT2D eigenvalue weighted by Gasteiger charge is -2.16. The van der Waals surface area contributed by atoms with Crippen LogP contribution < -0.4 is 0 Å². The number of ketones is 1. The number of esters is 2. The molecular weight excluding hydrogens is 368 g/mol. The second kappa shape index (κ2) is 8.90. The van der Waals surface area contributed by atoms with Crippen LogP contribution in [0.3, 0.4) is 0 Å². The largest absolute Gasteiger partial charge is 0.468 e. The summed E-state index contributed by atoms with van der Waals surface area (Å²) in [4.78, 5) is 36.7. The van der Waals surface area contributed by atoms with Gasteiger partial charge in [-0.1, -0.05) is 32.9 Å². The molecule has 2 aromatic rings. The molecule has 0 saturated carbocycles. The average molecular weight is 390 g/mol. The van der Waals surface area contributed by atoms with Crippen LogP contribution in [0.4, 0.5) is 0 Å². The average Bonchev–Trinajstić information content (AvgIpc) is 3.11. The number of carbonyl (C=O) groups is 3. The number of methoxy groups -OCH3 is 1. The van der Waals surface area contributed by atoms with Crippen molar-refractivity contribution in [1.82, 2.24) is 0 Å². The van der Waals surface area contributed by atoms with Gasteiger partial charge in [-0.2, -0.15) is 0 Å². The summed E-state index contributed by atoms with van der Waals surface area (Å²) in [7, 11) is 1.30. The Morgan fingerprint density at radius 3 is 2.41 bits per heavy atom. The molecule has 6 nitrogen and oxygen atoms in total. The SMILES string of the molecule is COC(=O)c1ccoc1CSc1ccccc1C(=O)OCC(=O)C(C)(C)C. The Hall–Kier alpha value is -2.54. The van der Waals surface area contributed by atoms with E-state index in [2.05, 4.69) is 0 Å². The van der Waals surface area contributed by atoms with E-state index in [1.165, 1.54) is 25.1 Å². The van der Waals surface area contributed by atoms with Crippen molar-refractivity contribution in [2.45, 2.75) is 31.4 Å². The van der Waals surface area contributed by atoms with Crippen molar-refractivity contribution < 1.29 is 28.3 Å². The maximum absolute atomic E-state index is 12.4. The second-order valence-corrected chi connectivity index (χ2v) is 7.80. The normalized spacial score (nSPS) is 11.1. The van der Waals surface area contributed by atoms with Crippen LogP contribution in [-0.2, 0) is 20.0 Å². The van der Waals surface area contributed by atoms with E-state index in [9.17, 15) is 14.4 Å². The molecule has 27 heavy (non-hydrogen) atoms. The number of Topliss-reactive ketones (excluding diaryl/α,β-unsaturated/α-hetero) is 1. The molecule has 0 aliphatic heterocycles. The first-order valence-electron chi connectivity index (χ1n) is 8.31. The predicted octanol–water partition coefficient (Wildman–Crippen LogP) is 4.13. The van der Waals surface area contributed by atoms with Crippen LogP contribution in [0, 0.1) is 5.41 Å². The minimum Gasteiger partial charge on any atom is -0.468 e. The van der Waals surface area contributed by atoms with Gasteiger partial charge in [0.15, 0.2) is 12.4 Å². The maximum atomic E-state index is 12.4. The fourth-order valence-electron chi connectivity index (χ4n) is 2.07. The summed E-state index contributed by atoms with van der Waals surface area (Å²) in [5, 5.41) is 0. The third kappa shape index (κ3) is 5.47. The molecule has 0 saturated heterocycles. The maximum Gasteiger partial charge on any atom is 0.341 e. The minimum atomic E-state index is -0.571. The topological polar surface area (TPSA) is 82.8 Å². The Kier molecular flexibility index (Phi) is 6.85. The third-order valence-electron chi connectivity index (χ3n) is 3.79. The van der Waals surface area contributed by atoms with Crippen molar-refractivity contribution in [1.29, 1.82) is 0 Å². The molecule has 1 aromatic heterocycles. The number of ether oxygens (including phenoxy) is 2. The van der Waals surface area contributed by atoms with Crippen LogP contribution in [0.25, 0.3) is 0 Å². The summed E-state index contributed by atoms with van der Waals surface area (Å²) in [6, 6.07) is 8.46. The highest BCUT2D eigenvalue weighted by Gasteiger charge is 2.23. The van der Waals surface area contributed by atoms with Gasteiger partial charge in [0.25, 0.3) is 0 Å². The van der Waals surface area contributed by atoms with Crippen molar-refractivity contribution in [3.05, 3.63) is 53.5 Å². The molecule has 0 aliphatic rings. The highest BCUT2D eigenvalue weighted by atomic mass is 32.2. The molecule has 0 unspecified atom stereocenters. The molecular formula is C20H22O6S. The van der Waals surface area contributed by atoms with Gasteiger partial charge in [0, 0.05) is 10.3 Å². The van der Waals surface area contributed by atoms with Crippen LogP contribution in [0.5, 0.6) is 0 Å². The van der Waals surface area contributed by atoms with Gasteiger partial charge in [0.2, 0.25) is 0 Å². The molecule has 7 heteroatoms. The van der Waals surface area contributed by atoms with Crippen LogP contribution >= 0.6 is 11.8 Å². The molecule has 0 bridgehead atoms. The van der Waals surface area contributed by atoms with Crippen molar-refractivity contribution >= 4 is 29.5 Å². The molecule has 2 rings (SSSR count). The van der Waals surface area contributed by atoms with E-state index in [1.807, 2.05) is 0 Å². The summed E-state index contributed by atoms with van der Waals surface area (Å²) < 4.78 is 15.2. The van der Waals surface area contributed by atoms with E-state index < -0.39 is 17.4 Å². The van der Waals surface area contributed by atoms with Crippen LogP contribution in [0.15, 0.2) is 45.9 Å². The lowest BCUT2D eigenvalue weighted by atomic mass is 9.91. The number of hydrogen-bond donors (Lipinski definition) is 0. The van der Waals surface area contributed by atoms with Gasteiger partial charge in [-0.05, 0) is 18.2 Å². The van der Waals surface area contributed by atoms with Gasteiger partial charge >= 0.3 is 11.9 Å². The van der Waals surface area contributed by atoms with Gasteiger partial charge in [-0.3, -0.25) is 4.79 Å². The van der Waals surface area contributed by atoms with E-state index in [4.69, 9.17) is 13.9 Å². The molecule has 0 spiro atoms. The van der Waals surface area contributed by atoms with Crippen molar-refractivity contribution in [3.63, 3.8) is 0 Å². The molecule has 1 heterocycles. The zero-order valence-corrected chi connectivity index (χ0v) is 16.6. The fraction of sp³-hybridized carbons (Fsp3) is 0.350. The molecule has 0 amide bonds. The lowest BCUT2D eigenvalue weighted by Crippen LogP contribution is -2.26. The highest BCUT2D eigenvalue weighted by Crippen LogP contribution is 2.29. The Labute approximate surface area is 162 Å². The fourth-order valence-corrected chi connectivity index (χ4v) is 3.07. The second-order valence-electron chi connectivity index (χ2n) is 6.78. The number of rotatable bonds is 7. The van der Waals surface area contributed by atoms with Crippen LogP contribution in [0.2, 0.25) is 0 Å². The monoisotopic (exact) mass is 390 g/mol. The first kappa shape index (κ1) is 20.8. The Bertz CT molecular complexity index is 831. The van der Waals surface area contributed by atoms with E-state index in [-0.39, 0.29) is 12.4 Å². The number of hydrogen-bond acceptors (Lipinski definition) is 7. The number of thioether (sulfide) groups is 1. The minimum absolute atomic E-state index is 0.153. The van der Waals surface area contributed by atoms with E-state index >= 15 is 0 Å². The molecule has 0 fully saturated rings. The van der Waals surface area contributed by atoms with Gasteiger partial charge in [0.1, 0.15) is 11.3 Å². The van der Waals surface area contributed by atoms with Crippen molar-refractivity contribution in [2.24, 2.45) is 5.41 Å². The highest BCUT2D eigenvalue weighted by molar-refractivity contribution is 7.98. The number of carbonyl (C=O) groups excluding carboxylic acids is 3. The van der Waals surface area contributed by atoms with Gasteiger partial charge in [-0.15, -0.1) is 11.8 Å². The molecule has 0 aliphatic carbocycles. The van der Waals surface area contributed by atoms with Crippen LogP contribution in [0.1, 0.15) is 47.2 Å². The van der Waals surface area contributed by atoms with Crippen molar-refractivity contribution in [3.8, 4) is 0 Å². The van der Waals surface area contributed by atoms with Crippen LogP contribution in [-0.4, -0.2) is 31.4 Å². The lowest BCUT2D eigenvalue weighted by molar-refractivity contribution is -0.129. The smallest absolute Gasteiger partial charge is 0.341 e. The van der Waals surface area contributed by atoms with Gasteiger partial charge in [-0.25, -0.2) is 9.59 Å². The molecule has 1 aromatic carbocycles. The zero-order chi connectivity index (χ0) is 20.0. The standard InChI is InChI=1S/C20H22O6S/c1-20(2,3)17(21)11-26-19(23)14-7-5-6-8-16(14)27-12-15-13(9-10-25-15)18(22)24-4/h5-10H,11-12H2,1-4H3. The predicted molar refractivity (Wildman–Crippen MR) is 101 cm³/mol. The first-order chi connectivity index (χ1) is 12.7. The third-order valence-corrected chi connectivity index (χ3v) is 4.86. The summed E-state index contributed by atoms with van der Waals surface area (Å²) in [5.74, 6) is -0.406. The Morgan fingerprint density at radius 1 is 1.04 bits per heavy atom. The molecule has 144 valence electrons. The van der Waals surface area contributed by atoms with E-state index in [0.717, 1.165) is 0 Å². The summed E-state index contributed by atoms with van der Waals surface area (Å²) in [6.07, 6.45) is 1.42. The summed E-state index contributed by atoms with van der Waals surface area (Å²) in [6.45, 7) is 5.05. The van der Waals surface area contributed by atoms with E-state index in [1.54, 1.807) is 51.1 Å². The number of benzene rings is 1. The molecule has 0 atom stereocenters. The number of furan rings is 1. The van der Waals surface area contributed by atoms with Gasteiger partial charge in [0.05, 0.1) is 24.7 Å². The first-order valence-corrected chi connectivity index (χ1v) is 9.29. The van der Waals surface area contributed by atoms with Crippen molar-refractivity contribution in [2.75, 3.05) is 13.7 Å². The Balaban J connectivity index is 2.08. The quantitative estimate of drug-likeness (QED) is 0.519. The zero-order valence-electron chi connectivity index (χ0n) is 15.7.